The zero-order valence-corrected chi connectivity index (χ0v) is 12.4. The molecule has 2 heteroatoms. The molecule has 108 valence electrons. The van der Waals surface area contributed by atoms with Gasteiger partial charge in [-0.2, -0.15) is 0 Å². The minimum atomic E-state index is -0.00707. The summed E-state index contributed by atoms with van der Waals surface area (Å²) in [6, 6.07) is 0. The van der Waals surface area contributed by atoms with Crippen LogP contribution in [-0.4, -0.2) is 11.6 Å². The van der Waals surface area contributed by atoms with Crippen molar-refractivity contribution in [1.82, 2.24) is 0 Å². The summed E-state index contributed by atoms with van der Waals surface area (Å²) in [6.45, 7) is 2.24. The molecule has 3 saturated carbocycles. The second-order valence-corrected chi connectivity index (χ2v) is 7.72. The molecule has 0 bridgehead atoms. The number of carbonyl (C=O) groups excluding carboxylic acids is 2. The Labute approximate surface area is 121 Å². The van der Waals surface area contributed by atoms with Crippen LogP contribution in [0, 0.1) is 29.1 Å². The Balaban J connectivity index is 1.65. The SMILES string of the molecule is C[C@@]12CC[C@H]3[C@H](CCC4=CC(=O)CC[C@@H]43)[C@@H]1CCC2=O. The molecule has 20 heavy (non-hydrogen) atoms. The third-order valence-electron chi connectivity index (χ3n) is 7.01. The average Bonchev–Trinajstić information content (AvgIpc) is 2.74. The second kappa shape index (κ2) is 4.29. The van der Waals surface area contributed by atoms with Crippen LogP contribution in [0.3, 0.4) is 0 Å². The number of Topliss-reactive ketones (excluding diaryl/α,β-unsaturated/α-hetero) is 1. The van der Waals surface area contributed by atoms with Gasteiger partial charge in [-0.15, -0.1) is 0 Å². The topological polar surface area (TPSA) is 34.1 Å². The third kappa shape index (κ3) is 1.63. The van der Waals surface area contributed by atoms with Crippen LogP contribution in [0.1, 0.15) is 58.3 Å². The van der Waals surface area contributed by atoms with Crippen molar-refractivity contribution >= 4 is 11.6 Å². The molecular formula is C18H24O2. The fourth-order valence-corrected chi connectivity index (χ4v) is 5.95. The van der Waals surface area contributed by atoms with Crippen LogP contribution in [-0.2, 0) is 9.59 Å². The average molecular weight is 272 g/mol. The van der Waals surface area contributed by atoms with Crippen LogP contribution in [0.15, 0.2) is 11.6 Å². The smallest absolute Gasteiger partial charge is 0.155 e. The van der Waals surface area contributed by atoms with Gasteiger partial charge in [-0.3, -0.25) is 9.59 Å². The lowest BCUT2D eigenvalue weighted by molar-refractivity contribution is -0.131. The normalized spacial score (nSPS) is 47.4. The minimum absolute atomic E-state index is 0.00707. The van der Waals surface area contributed by atoms with Crippen LogP contribution in [0.2, 0.25) is 0 Å². The van der Waals surface area contributed by atoms with E-state index in [9.17, 15) is 9.59 Å². The monoisotopic (exact) mass is 272 g/mol. The number of fused-ring (bicyclic) bond motifs is 5. The molecule has 4 aliphatic rings. The van der Waals surface area contributed by atoms with E-state index in [1.807, 2.05) is 6.08 Å². The van der Waals surface area contributed by atoms with E-state index in [-0.39, 0.29) is 5.41 Å². The fraction of sp³-hybridized carbons (Fsp3) is 0.778. The first-order valence-corrected chi connectivity index (χ1v) is 8.36. The van der Waals surface area contributed by atoms with Crippen LogP contribution in [0.4, 0.5) is 0 Å². The highest BCUT2D eigenvalue weighted by Crippen LogP contribution is 2.60. The first-order chi connectivity index (χ1) is 9.59. The van der Waals surface area contributed by atoms with Crippen LogP contribution < -0.4 is 0 Å². The molecule has 0 amide bonds. The highest BCUT2D eigenvalue weighted by atomic mass is 16.1. The maximum Gasteiger partial charge on any atom is 0.155 e. The van der Waals surface area contributed by atoms with Crippen molar-refractivity contribution in [2.24, 2.45) is 29.1 Å². The minimum Gasteiger partial charge on any atom is -0.299 e. The predicted octanol–water partition coefficient (Wildman–Crippen LogP) is 3.70. The van der Waals surface area contributed by atoms with Crippen molar-refractivity contribution in [3.63, 3.8) is 0 Å². The van der Waals surface area contributed by atoms with E-state index in [0.29, 0.717) is 23.4 Å². The number of rotatable bonds is 0. The Kier molecular flexibility index (Phi) is 2.74. The first-order valence-electron chi connectivity index (χ1n) is 8.36. The summed E-state index contributed by atoms with van der Waals surface area (Å²) in [5.41, 5.74) is 1.43. The Bertz CT molecular complexity index is 504. The van der Waals surface area contributed by atoms with Crippen LogP contribution in [0.5, 0.6) is 0 Å². The maximum atomic E-state index is 12.3. The Morgan fingerprint density at radius 3 is 2.70 bits per heavy atom. The Morgan fingerprint density at radius 1 is 1.00 bits per heavy atom. The van der Waals surface area contributed by atoms with Crippen molar-refractivity contribution in [2.75, 3.05) is 0 Å². The van der Waals surface area contributed by atoms with E-state index in [1.54, 1.807) is 0 Å². The standard InChI is InChI=1S/C18H24O2/c1-18-9-8-14-13-5-3-12(19)10-11(13)2-4-15(14)16(18)6-7-17(18)20/h10,13-16H,2-9H2,1H3/t13-,14+,15-,16-,18+/m0/s1. The molecule has 4 aliphatic carbocycles. The summed E-state index contributed by atoms with van der Waals surface area (Å²) in [5.74, 6) is 3.66. The van der Waals surface area contributed by atoms with Gasteiger partial charge < -0.3 is 0 Å². The van der Waals surface area contributed by atoms with Gasteiger partial charge in [0.1, 0.15) is 5.78 Å². The largest absolute Gasteiger partial charge is 0.299 e. The quantitative estimate of drug-likeness (QED) is 0.674. The van der Waals surface area contributed by atoms with Gasteiger partial charge in [0.15, 0.2) is 5.78 Å². The summed E-state index contributed by atoms with van der Waals surface area (Å²) in [5, 5.41) is 0. The van der Waals surface area contributed by atoms with E-state index >= 15 is 0 Å². The molecule has 0 spiro atoms. The van der Waals surface area contributed by atoms with Crippen molar-refractivity contribution in [2.45, 2.75) is 58.3 Å². The van der Waals surface area contributed by atoms with Gasteiger partial charge in [0, 0.05) is 18.3 Å². The summed E-state index contributed by atoms with van der Waals surface area (Å²) in [6.07, 6.45) is 10.3. The predicted molar refractivity (Wildman–Crippen MR) is 77.1 cm³/mol. The number of ketones is 2. The number of allylic oxidation sites excluding steroid dienone is 1. The van der Waals surface area contributed by atoms with Crippen LogP contribution in [0.25, 0.3) is 0 Å². The zero-order chi connectivity index (χ0) is 13.9. The van der Waals surface area contributed by atoms with Crippen molar-refractivity contribution in [3.05, 3.63) is 11.6 Å². The lowest BCUT2D eigenvalue weighted by Crippen LogP contribution is -2.46. The van der Waals surface area contributed by atoms with E-state index in [4.69, 9.17) is 0 Å². The van der Waals surface area contributed by atoms with Gasteiger partial charge in [0.2, 0.25) is 0 Å². The van der Waals surface area contributed by atoms with E-state index in [0.717, 1.165) is 50.4 Å². The number of hydrogen-bond donors (Lipinski definition) is 0. The van der Waals surface area contributed by atoms with Gasteiger partial charge in [-0.05, 0) is 68.3 Å². The molecule has 0 radical (unpaired) electrons. The molecule has 0 aromatic carbocycles. The van der Waals surface area contributed by atoms with Gasteiger partial charge in [0.05, 0.1) is 0 Å². The van der Waals surface area contributed by atoms with Gasteiger partial charge in [-0.1, -0.05) is 12.5 Å². The maximum absolute atomic E-state index is 12.3. The number of hydrogen-bond acceptors (Lipinski definition) is 2. The molecule has 3 fully saturated rings. The van der Waals surface area contributed by atoms with E-state index in [1.165, 1.54) is 18.4 Å². The summed E-state index contributed by atoms with van der Waals surface area (Å²) >= 11 is 0. The van der Waals surface area contributed by atoms with Gasteiger partial charge in [-0.25, -0.2) is 0 Å². The second-order valence-electron chi connectivity index (χ2n) is 7.72. The molecule has 4 rings (SSSR count). The summed E-state index contributed by atoms with van der Waals surface area (Å²) < 4.78 is 0. The Morgan fingerprint density at radius 2 is 1.85 bits per heavy atom. The zero-order valence-electron chi connectivity index (χ0n) is 12.4. The molecule has 0 aromatic heterocycles. The number of carbonyl (C=O) groups is 2. The summed E-state index contributed by atoms with van der Waals surface area (Å²) in [4.78, 5) is 23.9. The molecule has 5 atom stereocenters. The molecule has 2 nitrogen and oxygen atoms in total. The third-order valence-corrected chi connectivity index (χ3v) is 7.01. The Hall–Kier alpha value is -0.920. The van der Waals surface area contributed by atoms with Gasteiger partial charge >= 0.3 is 0 Å². The first kappa shape index (κ1) is 12.8. The lowest BCUT2D eigenvalue weighted by atomic mass is 9.52. The molecule has 0 unspecified atom stereocenters. The highest BCUT2D eigenvalue weighted by molar-refractivity contribution is 5.91. The summed E-state index contributed by atoms with van der Waals surface area (Å²) in [7, 11) is 0. The van der Waals surface area contributed by atoms with Crippen molar-refractivity contribution in [1.29, 1.82) is 0 Å². The molecule has 0 saturated heterocycles. The molecule has 0 N–H and O–H groups in total. The van der Waals surface area contributed by atoms with Crippen molar-refractivity contribution in [3.8, 4) is 0 Å². The van der Waals surface area contributed by atoms with E-state index in [2.05, 4.69) is 6.92 Å². The van der Waals surface area contributed by atoms with Crippen LogP contribution >= 0.6 is 0 Å². The molecular weight excluding hydrogens is 248 g/mol. The fourth-order valence-electron chi connectivity index (χ4n) is 5.95. The molecule has 0 heterocycles. The van der Waals surface area contributed by atoms with Gasteiger partial charge in [0.25, 0.3) is 0 Å². The molecule has 0 aromatic rings. The van der Waals surface area contributed by atoms with Crippen molar-refractivity contribution < 1.29 is 9.59 Å². The molecule has 0 aliphatic heterocycles. The lowest BCUT2D eigenvalue weighted by Gasteiger charge is -2.52. The van der Waals surface area contributed by atoms with E-state index < -0.39 is 0 Å². The highest BCUT2D eigenvalue weighted by Gasteiger charge is 2.55.